The Morgan fingerprint density at radius 2 is 1.50 bits per heavy atom. The summed E-state index contributed by atoms with van der Waals surface area (Å²) in [4.78, 5) is 48.9. The van der Waals surface area contributed by atoms with E-state index in [-0.39, 0.29) is 18.1 Å². The van der Waals surface area contributed by atoms with Crippen molar-refractivity contribution in [2.24, 2.45) is 11.7 Å². The van der Waals surface area contributed by atoms with E-state index in [9.17, 15) is 29.4 Å². The fraction of sp³-hybridized carbons (Fsp3) is 0.524. The number of carboxylic acid groups (broad SMARTS) is 1. The molecule has 10 nitrogen and oxygen atoms in total. The first-order valence-electron chi connectivity index (χ1n) is 10.3. The zero-order chi connectivity index (χ0) is 24.3. The van der Waals surface area contributed by atoms with Crippen LogP contribution in [-0.2, 0) is 25.6 Å². The van der Waals surface area contributed by atoms with E-state index >= 15 is 0 Å². The number of nitrogens with one attached hydrogen (secondary N) is 3. The molecule has 0 spiro atoms. The van der Waals surface area contributed by atoms with Gasteiger partial charge >= 0.3 is 5.97 Å². The number of aliphatic hydroxyl groups excluding tert-OH is 1. The number of nitrogens with two attached hydrogens (primary N) is 1. The number of benzene rings is 1. The Bertz CT molecular complexity index is 779. The minimum atomic E-state index is -1.41. The van der Waals surface area contributed by atoms with Crippen LogP contribution in [0, 0.1) is 5.92 Å². The average molecular weight is 469 g/mol. The smallest absolute Gasteiger partial charge is 0.326 e. The molecular formula is C21H32N4O6S. The topological polar surface area (TPSA) is 171 Å². The zero-order valence-corrected chi connectivity index (χ0v) is 19.0. The summed E-state index contributed by atoms with van der Waals surface area (Å²) in [5.41, 5.74) is 6.56. The van der Waals surface area contributed by atoms with Crippen LogP contribution in [0.25, 0.3) is 0 Å². The standard InChI is InChI=1S/C21H32N4O6S/c1-3-12(2)17(22)20(29)25-16(11-32)19(28)24-15(10-26)18(27)23-14(21(30)31)9-13-7-5-4-6-8-13/h4-8,12,14-17,26,32H,3,9-11,22H2,1-2H3,(H,23,27)(H,24,28)(H,25,29)(H,30,31). The van der Waals surface area contributed by atoms with Crippen molar-refractivity contribution in [2.75, 3.05) is 12.4 Å². The van der Waals surface area contributed by atoms with Gasteiger partial charge in [-0.2, -0.15) is 12.6 Å². The summed E-state index contributed by atoms with van der Waals surface area (Å²) in [5, 5.41) is 26.1. The highest BCUT2D eigenvalue weighted by Crippen LogP contribution is 2.06. The van der Waals surface area contributed by atoms with Crippen LogP contribution < -0.4 is 21.7 Å². The van der Waals surface area contributed by atoms with E-state index in [2.05, 4.69) is 28.6 Å². The van der Waals surface area contributed by atoms with E-state index in [4.69, 9.17) is 5.73 Å². The van der Waals surface area contributed by atoms with Gasteiger partial charge in [0, 0.05) is 12.2 Å². The van der Waals surface area contributed by atoms with Crippen molar-refractivity contribution in [1.82, 2.24) is 16.0 Å². The molecule has 11 heteroatoms. The van der Waals surface area contributed by atoms with Crippen molar-refractivity contribution in [3.63, 3.8) is 0 Å². The molecule has 0 aliphatic heterocycles. The van der Waals surface area contributed by atoms with E-state index in [0.717, 1.165) is 0 Å². The summed E-state index contributed by atoms with van der Waals surface area (Å²) in [6.45, 7) is 2.92. The molecule has 7 N–H and O–H groups in total. The Morgan fingerprint density at radius 1 is 0.969 bits per heavy atom. The molecule has 1 rings (SSSR count). The Morgan fingerprint density at radius 3 is 2.00 bits per heavy atom. The Balaban J connectivity index is 2.77. The van der Waals surface area contributed by atoms with Crippen molar-refractivity contribution in [2.45, 2.75) is 50.9 Å². The maximum absolute atomic E-state index is 12.5. The molecule has 178 valence electrons. The van der Waals surface area contributed by atoms with Crippen LogP contribution >= 0.6 is 12.6 Å². The first-order valence-corrected chi connectivity index (χ1v) is 10.9. The highest BCUT2D eigenvalue weighted by Gasteiger charge is 2.30. The van der Waals surface area contributed by atoms with Crippen molar-refractivity contribution in [3.05, 3.63) is 35.9 Å². The summed E-state index contributed by atoms with van der Waals surface area (Å²) in [7, 11) is 0. The van der Waals surface area contributed by atoms with Crippen LogP contribution in [0.4, 0.5) is 0 Å². The van der Waals surface area contributed by atoms with Gasteiger partial charge in [0.25, 0.3) is 0 Å². The number of carboxylic acids is 1. The molecule has 0 saturated carbocycles. The molecule has 5 unspecified atom stereocenters. The van der Waals surface area contributed by atoms with Crippen molar-refractivity contribution in [3.8, 4) is 0 Å². The van der Waals surface area contributed by atoms with Crippen LogP contribution in [0.1, 0.15) is 25.8 Å². The molecule has 1 aromatic rings. The molecule has 0 saturated heterocycles. The van der Waals surface area contributed by atoms with Gasteiger partial charge in [-0.05, 0) is 11.5 Å². The van der Waals surface area contributed by atoms with Crippen molar-refractivity contribution < 1.29 is 29.4 Å². The second-order valence-corrected chi connectivity index (χ2v) is 7.85. The Kier molecular flexibility index (Phi) is 11.7. The second-order valence-electron chi connectivity index (χ2n) is 7.49. The van der Waals surface area contributed by atoms with Crippen LogP contribution in [-0.4, -0.2) is 70.4 Å². The first kappa shape index (κ1) is 27.4. The number of amides is 3. The summed E-state index contributed by atoms with van der Waals surface area (Å²) >= 11 is 4.06. The molecule has 0 bridgehead atoms. The van der Waals surface area contributed by atoms with Crippen LogP contribution in [0.2, 0.25) is 0 Å². The van der Waals surface area contributed by atoms with E-state index in [1.165, 1.54) is 0 Å². The van der Waals surface area contributed by atoms with E-state index in [1.807, 2.05) is 6.92 Å². The third-order valence-corrected chi connectivity index (χ3v) is 5.45. The highest BCUT2D eigenvalue weighted by atomic mass is 32.1. The molecule has 0 aliphatic carbocycles. The Hall–Kier alpha value is -2.63. The van der Waals surface area contributed by atoms with Crippen LogP contribution in [0.15, 0.2) is 30.3 Å². The van der Waals surface area contributed by atoms with Gasteiger partial charge in [0.05, 0.1) is 12.6 Å². The molecule has 0 aromatic heterocycles. The van der Waals surface area contributed by atoms with Gasteiger partial charge in [-0.25, -0.2) is 4.79 Å². The minimum Gasteiger partial charge on any atom is -0.480 e. The molecule has 0 heterocycles. The fourth-order valence-corrected chi connectivity index (χ4v) is 3.02. The maximum Gasteiger partial charge on any atom is 0.326 e. The molecule has 5 atom stereocenters. The van der Waals surface area contributed by atoms with E-state index in [0.29, 0.717) is 12.0 Å². The SMILES string of the molecule is CCC(C)C(N)C(=O)NC(CS)C(=O)NC(CO)C(=O)NC(Cc1ccccc1)C(=O)O. The van der Waals surface area contributed by atoms with Crippen LogP contribution in [0.3, 0.4) is 0 Å². The number of rotatable bonds is 13. The summed E-state index contributed by atoms with van der Waals surface area (Å²) in [6.07, 6.45) is 0.698. The Labute approximate surface area is 192 Å². The number of hydrogen-bond donors (Lipinski definition) is 7. The van der Waals surface area contributed by atoms with Crippen LogP contribution in [0.5, 0.6) is 0 Å². The van der Waals surface area contributed by atoms with Crippen molar-refractivity contribution >= 4 is 36.3 Å². The molecule has 3 amide bonds. The summed E-state index contributed by atoms with van der Waals surface area (Å²) in [5.74, 6) is -3.60. The molecule has 0 aliphatic rings. The lowest BCUT2D eigenvalue weighted by Gasteiger charge is -2.24. The largest absolute Gasteiger partial charge is 0.480 e. The summed E-state index contributed by atoms with van der Waals surface area (Å²) in [6, 6.07) is 4.12. The quantitative estimate of drug-likeness (QED) is 0.183. The minimum absolute atomic E-state index is 0.0246. The molecule has 1 aromatic carbocycles. The number of aliphatic carboxylic acids is 1. The van der Waals surface area contributed by atoms with Gasteiger partial charge in [0.1, 0.15) is 18.1 Å². The van der Waals surface area contributed by atoms with Gasteiger partial charge in [-0.15, -0.1) is 0 Å². The number of thiol groups is 1. The highest BCUT2D eigenvalue weighted by molar-refractivity contribution is 7.80. The third kappa shape index (κ3) is 8.48. The average Bonchev–Trinajstić information content (AvgIpc) is 2.79. The lowest BCUT2D eigenvalue weighted by Crippen LogP contribution is -2.59. The summed E-state index contributed by atoms with van der Waals surface area (Å²) < 4.78 is 0. The monoisotopic (exact) mass is 468 g/mol. The number of aliphatic hydroxyl groups is 1. The third-order valence-electron chi connectivity index (χ3n) is 5.09. The van der Waals surface area contributed by atoms with Gasteiger partial charge in [-0.1, -0.05) is 50.6 Å². The maximum atomic E-state index is 12.5. The lowest BCUT2D eigenvalue weighted by atomic mass is 9.99. The van der Waals surface area contributed by atoms with Gasteiger partial charge in [0.15, 0.2) is 0 Å². The van der Waals surface area contributed by atoms with Gasteiger partial charge < -0.3 is 31.9 Å². The first-order chi connectivity index (χ1) is 15.1. The lowest BCUT2D eigenvalue weighted by molar-refractivity contribution is -0.142. The van der Waals surface area contributed by atoms with Gasteiger partial charge in [-0.3, -0.25) is 14.4 Å². The molecule has 0 radical (unpaired) electrons. The predicted molar refractivity (Wildman–Crippen MR) is 122 cm³/mol. The molecule has 0 fully saturated rings. The normalized spacial score (nSPS) is 15.5. The molecule has 32 heavy (non-hydrogen) atoms. The number of hydrogen-bond acceptors (Lipinski definition) is 7. The number of carbonyl (C=O) groups excluding carboxylic acids is 3. The van der Waals surface area contributed by atoms with E-state index < -0.39 is 54.5 Å². The van der Waals surface area contributed by atoms with Crippen molar-refractivity contribution in [1.29, 1.82) is 0 Å². The fourth-order valence-electron chi connectivity index (χ4n) is 2.76. The molecular weight excluding hydrogens is 436 g/mol. The van der Waals surface area contributed by atoms with Gasteiger partial charge in [0.2, 0.25) is 17.7 Å². The zero-order valence-electron chi connectivity index (χ0n) is 18.2. The predicted octanol–water partition coefficient (Wildman–Crippen LogP) is -0.936. The van der Waals surface area contributed by atoms with E-state index in [1.54, 1.807) is 37.3 Å². The number of carbonyl (C=O) groups is 4. The second kappa shape index (κ2) is 13.7.